The van der Waals surface area contributed by atoms with Crippen LogP contribution in [0.15, 0.2) is 45.3 Å². The summed E-state index contributed by atoms with van der Waals surface area (Å²) in [6.07, 6.45) is 5.27. The normalized spacial score (nSPS) is 10.0. The van der Waals surface area contributed by atoms with E-state index in [9.17, 15) is 0 Å². The van der Waals surface area contributed by atoms with Crippen LogP contribution in [-0.4, -0.2) is 6.61 Å². The van der Waals surface area contributed by atoms with Crippen molar-refractivity contribution in [2.45, 2.75) is 13.5 Å². The van der Waals surface area contributed by atoms with Gasteiger partial charge in [0.15, 0.2) is 0 Å². The highest BCUT2D eigenvalue weighted by molar-refractivity contribution is 9.11. The summed E-state index contributed by atoms with van der Waals surface area (Å²) in [6.45, 7) is 2.97. The quantitative estimate of drug-likeness (QED) is 0.691. The molecule has 2 aromatic carbocycles. The maximum Gasteiger partial charge on any atom is 0.148 e. The van der Waals surface area contributed by atoms with Crippen molar-refractivity contribution in [2.24, 2.45) is 0 Å². The first-order valence-corrected chi connectivity index (χ1v) is 8.03. The van der Waals surface area contributed by atoms with Crippen LogP contribution in [0.25, 0.3) is 0 Å². The zero-order valence-corrected chi connectivity index (χ0v) is 14.8. The Morgan fingerprint density at radius 3 is 2.76 bits per heavy atom. The van der Waals surface area contributed by atoms with Crippen LogP contribution in [0.1, 0.15) is 11.1 Å². The number of halogens is 2. The summed E-state index contributed by atoms with van der Waals surface area (Å²) in [5, 5.41) is 3.40. The molecular formula is C17H15Br2NO. The highest BCUT2D eigenvalue weighted by Gasteiger charge is 2.10. The van der Waals surface area contributed by atoms with Crippen LogP contribution in [0.3, 0.4) is 0 Å². The van der Waals surface area contributed by atoms with E-state index in [1.807, 2.05) is 24.3 Å². The van der Waals surface area contributed by atoms with E-state index < -0.39 is 0 Å². The molecule has 0 aliphatic heterocycles. The number of terminal acetylenes is 1. The van der Waals surface area contributed by atoms with Crippen molar-refractivity contribution in [3.8, 4) is 18.1 Å². The van der Waals surface area contributed by atoms with E-state index in [2.05, 4.69) is 62.2 Å². The van der Waals surface area contributed by atoms with Crippen molar-refractivity contribution >= 4 is 37.5 Å². The Kier molecular flexibility index (Phi) is 5.72. The first-order valence-electron chi connectivity index (χ1n) is 6.45. The fourth-order valence-electron chi connectivity index (χ4n) is 1.97. The second kappa shape index (κ2) is 7.53. The second-order valence-electron chi connectivity index (χ2n) is 4.59. The van der Waals surface area contributed by atoms with Gasteiger partial charge in [-0.25, -0.2) is 0 Å². The lowest BCUT2D eigenvalue weighted by Gasteiger charge is -2.14. The van der Waals surface area contributed by atoms with Crippen molar-refractivity contribution in [1.82, 2.24) is 0 Å². The van der Waals surface area contributed by atoms with Crippen molar-refractivity contribution in [1.29, 1.82) is 0 Å². The predicted molar refractivity (Wildman–Crippen MR) is 94.7 cm³/mol. The first-order chi connectivity index (χ1) is 10.1. The molecule has 0 unspecified atom stereocenters. The molecule has 0 aromatic heterocycles. The van der Waals surface area contributed by atoms with Crippen molar-refractivity contribution in [2.75, 3.05) is 11.9 Å². The number of hydrogen-bond donors (Lipinski definition) is 1. The molecule has 0 aliphatic rings. The van der Waals surface area contributed by atoms with Gasteiger partial charge in [-0.3, -0.25) is 0 Å². The molecule has 2 aromatic rings. The minimum absolute atomic E-state index is 0.248. The van der Waals surface area contributed by atoms with Crippen LogP contribution in [0.4, 0.5) is 5.69 Å². The fourth-order valence-corrected chi connectivity index (χ4v) is 3.40. The SMILES string of the molecule is C#CCOc1c(Br)cc(Br)cc1CNc1cccc(C)c1. The molecule has 0 amide bonds. The molecule has 0 spiro atoms. The van der Waals surface area contributed by atoms with Crippen LogP contribution >= 0.6 is 31.9 Å². The van der Waals surface area contributed by atoms with Crippen molar-refractivity contribution < 1.29 is 4.74 Å². The van der Waals surface area contributed by atoms with Gasteiger partial charge < -0.3 is 10.1 Å². The summed E-state index contributed by atoms with van der Waals surface area (Å²) in [4.78, 5) is 0. The van der Waals surface area contributed by atoms with E-state index in [4.69, 9.17) is 11.2 Å². The Balaban J connectivity index is 2.20. The smallest absolute Gasteiger partial charge is 0.148 e. The van der Waals surface area contributed by atoms with E-state index in [1.54, 1.807) is 0 Å². The minimum atomic E-state index is 0.248. The van der Waals surface area contributed by atoms with Crippen LogP contribution in [0.2, 0.25) is 0 Å². The second-order valence-corrected chi connectivity index (χ2v) is 6.36. The Hall–Kier alpha value is -1.44. The highest BCUT2D eigenvalue weighted by atomic mass is 79.9. The molecule has 0 aliphatic carbocycles. The van der Waals surface area contributed by atoms with E-state index in [1.165, 1.54) is 5.56 Å². The molecule has 4 heteroatoms. The third-order valence-corrected chi connectivity index (χ3v) is 3.93. The lowest BCUT2D eigenvalue weighted by Crippen LogP contribution is -2.04. The van der Waals surface area contributed by atoms with Crippen molar-refractivity contribution in [3.05, 3.63) is 56.5 Å². The molecule has 2 rings (SSSR count). The first kappa shape index (κ1) is 15.9. The monoisotopic (exact) mass is 407 g/mol. The van der Waals surface area contributed by atoms with Crippen LogP contribution in [0, 0.1) is 19.3 Å². The Morgan fingerprint density at radius 2 is 2.05 bits per heavy atom. The standard InChI is InChI=1S/C17H15Br2NO/c1-3-7-21-17-13(9-14(18)10-16(17)19)11-20-15-6-4-5-12(2)8-15/h1,4-6,8-10,20H,7,11H2,2H3. The van der Waals surface area contributed by atoms with Crippen LogP contribution in [-0.2, 0) is 6.54 Å². The number of rotatable bonds is 5. The summed E-state index contributed by atoms with van der Waals surface area (Å²) < 4.78 is 7.51. The Morgan fingerprint density at radius 1 is 1.24 bits per heavy atom. The maximum absolute atomic E-state index is 5.64. The number of aryl methyl sites for hydroxylation is 1. The average Bonchev–Trinajstić information content (AvgIpc) is 2.44. The third-order valence-electron chi connectivity index (χ3n) is 2.89. The van der Waals surface area contributed by atoms with Gasteiger partial charge in [0.1, 0.15) is 12.4 Å². The number of benzene rings is 2. The summed E-state index contributed by atoms with van der Waals surface area (Å²) in [5.41, 5.74) is 3.33. The number of ether oxygens (including phenoxy) is 1. The summed E-state index contributed by atoms with van der Waals surface area (Å²) >= 11 is 7.01. The molecule has 0 atom stereocenters. The van der Waals surface area contributed by atoms with Crippen molar-refractivity contribution in [3.63, 3.8) is 0 Å². The largest absolute Gasteiger partial charge is 0.479 e. The molecule has 2 nitrogen and oxygen atoms in total. The molecule has 0 fully saturated rings. The van der Waals surface area contributed by atoms with E-state index in [0.29, 0.717) is 6.54 Å². The number of anilines is 1. The summed E-state index contributed by atoms with van der Waals surface area (Å²) in [7, 11) is 0. The van der Waals surface area contributed by atoms with Gasteiger partial charge in [0.2, 0.25) is 0 Å². The maximum atomic E-state index is 5.64. The zero-order valence-electron chi connectivity index (χ0n) is 11.6. The molecule has 0 saturated carbocycles. The highest BCUT2D eigenvalue weighted by Crippen LogP contribution is 2.33. The van der Waals surface area contributed by atoms with Gasteiger partial charge in [-0.1, -0.05) is 34.0 Å². The van der Waals surface area contributed by atoms with Gasteiger partial charge in [0.25, 0.3) is 0 Å². The molecule has 21 heavy (non-hydrogen) atoms. The van der Waals surface area contributed by atoms with Gasteiger partial charge in [-0.15, -0.1) is 6.42 Å². The molecule has 0 heterocycles. The lowest BCUT2D eigenvalue weighted by atomic mass is 10.2. The molecule has 108 valence electrons. The molecule has 1 N–H and O–H groups in total. The Bertz CT molecular complexity index is 677. The third kappa shape index (κ3) is 4.52. The number of hydrogen-bond acceptors (Lipinski definition) is 2. The van der Waals surface area contributed by atoms with Gasteiger partial charge in [0.05, 0.1) is 4.47 Å². The van der Waals surface area contributed by atoms with E-state index >= 15 is 0 Å². The van der Waals surface area contributed by atoms with Crippen LogP contribution < -0.4 is 10.1 Å². The summed E-state index contributed by atoms with van der Waals surface area (Å²) in [5.74, 6) is 3.27. The molecular weight excluding hydrogens is 394 g/mol. The number of nitrogens with one attached hydrogen (secondary N) is 1. The van der Waals surface area contributed by atoms with Gasteiger partial charge >= 0.3 is 0 Å². The molecule has 0 radical (unpaired) electrons. The summed E-state index contributed by atoms with van der Waals surface area (Å²) in [6, 6.07) is 12.2. The van der Waals surface area contributed by atoms with Gasteiger partial charge in [-0.2, -0.15) is 0 Å². The zero-order chi connectivity index (χ0) is 15.2. The molecule has 0 bridgehead atoms. The lowest BCUT2D eigenvalue weighted by molar-refractivity contribution is 0.364. The molecule has 0 saturated heterocycles. The van der Waals surface area contributed by atoms with Gasteiger partial charge in [0, 0.05) is 22.3 Å². The minimum Gasteiger partial charge on any atom is -0.479 e. The average molecular weight is 409 g/mol. The van der Waals surface area contributed by atoms with Gasteiger partial charge in [-0.05, 0) is 52.7 Å². The van der Waals surface area contributed by atoms with E-state index in [-0.39, 0.29) is 6.61 Å². The van der Waals surface area contributed by atoms with Crippen LogP contribution in [0.5, 0.6) is 5.75 Å². The topological polar surface area (TPSA) is 21.3 Å². The predicted octanol–water partition coefficient (Wildman–Crippen LogP) is 5.14. The van der Waals surface area contributed by atoms with E-state index in [0.717, 1.165) is 25.9 Å². The fraction of sp³-hybridized carbons (Fsp3) is 0.176. The Labute approximate surface area is 142 Å².